The highest BCUT2D eigenvalue weighted by Crippen LogP contribution is 2.19. The normalized spacial score (nSPS) is 11.0. The molecule has 0 aliphatic carbocycles. The molecule has 2 amide bonds. The average Bonchev–Trinajstić information content (AvgIpc) is 2.80. The number of carbonyl (C=O) groups excluding carboxylic acids is 2. The van der Waals surface area contributed by atoms with Crippen LogP contribution in [0, 0.1) is 12.7 Å². The van der Waals surface area contributed by atoms with E-state index in [4.69, 9.17) is 0 Å². The van der Waals surface area contributed by atoms with Crippen molar-refractivity contribution in [1.82, 2.24) is 10.6 Å². The zero-order valence-electron chi connectivity index (χ0n) is 18.0. The van der Waals surface area contributed by atoms with Crippen LogP contribution in [0.1, 0.15) is 27.9 Å². The lowest BCUT2D eigenvalue weighted by Crippen LogP contribution is -2.31. The summed E-state index contributed by atoms with van der Waals surface area (Å²) in [5, 5.41) is 5.42. The van der Waals surface area contributed by atoms with Gasteiger partial charge in [-0.25, -0.2) is 12.8 Å². The molecular weight excluding hydrogens is 445 g/mol. The Balaban J connectivity index is 1.58. The predicted octanol–water partition coefficient (Wildman–Crippen LogP) is 3.37. The zero-order chi connectivity index (χ0) is 23.8. The summed E-state index contributed by atoms with van der Waals surface area (Å²) >= 11 is 0. The van der Waals surface area contributed by atoms with Crippen molar-refractivity contribution in [1.29, 1.82) is 0 Å². The van der Waals surface area contributed by atoms with Crippen LogP contribution in [0.3, 0.4) is 0 Å². The zero-order valence-corrected chi connectivity index (χ0v) is 18.8. The van der Waals surface area contributed by atoms with Gasteiger partial charge in [0.25, 0.3) is 15.9 Å². The summed E-state index contributed by atoms with van der Waals surface area (Å²) < 4.78 is 40.8. The van der Waals surface area contributed by atoms with Crippen LogP contribution in [-0.4, -0.2) is 26.8 Å². The molecule has 7 nitrogen and oxygen atoms in total. The predicted molar refractivity (Wildman–Crippen MR) is 124 cm³/mol. The van der Waals surface area contributed by atoms with Crippen molar-refractivity contribution in [2.45, 2.75) is 24.8 Å². The molecule has 3 aromatic carbocycles. The van der Waals surface area contributed by atoms with Crippen molar-refractivity contribution >= 4 is 27.5 Å². The van der Waals surface area contributed by atoms with E-state index in [-0.39, 0.29) is 35.0 Å². The van der Waals surface area contributed by atoms with E-state index in [0.29, 0.717) is 12.1 Å². The van der Waals surface area contributed by atoms with Gasteiger partial charge in [0.2, 0.25) is 5.91 Å². The van der Waals surface area contributed by atoms with Gasteiger partial charge in [-0.2, -0.15) is 0 Å². The second-order valence-corrected chi connectivity index (χ2v) is 9.04. The first-order valence-corrected chi connectivity index (χ1v) is 11.7. The van der Waals surface area contributed by atoms with Gasteiger partial charge in [-0.05, 0) is 54.4 Å². The van der Waals surface area contributed by atoms with Crippen molar-refractivity contribution in [3.8, 4) is 0 Å². The van der Waals surface area contributed by atoms with E-state index in [1.165, 1.54) is 30.3 Å². The standard InChI is InChI=1S/C24H24FN3O4S/c1-17-7-12-21(33(31,32)28-20-10-8-19(25)9-11-20)15-22(17)24(30)26-14-13-23(29)27-16-18-5-3-2-4-6-18/h2-12,15,28H,13-14,16H2,1H3,(H,26,30)(H,27,29). The van der Waals surface area contributed by atoms with E-state index in [1.807, 2.05) is 30.3 Å². The molecule has 0 spiro atoms. The molecule has 3 N–H and O–H groups in total. The molecule has 0 radical (unpaired) electrons. The summed E-state index contributed by atoms with van der Waals surface area (Å²) in [6.45, 7) is 2.18. The Hall–Kier alpha value is -3.72. The van der Waals surface area contributed by atoms with E-state index in [2.05, 4.69) is 15.4 Å². The Morgan fingerprint density at radius 2 is 1.61 bits per heavy atom. The van der Waals surface area contributed by atoms with Crippen molar-refractivity contribution < 1.29 is 22.4 Å². The molecular formula is C24H24FN3O4S. The van der Waals surface area contributed by atoms with Crippen molar-refractivity contribution in [3.63, 3.8) is 0 Å². The van der Waals surface area contributed by atoms with Gasteiger partial charge in [-0.15, -0.1) is 0 Å². The van der Waals surface area contributed by atoms with E-state index in [1.54, 1.807) is 6.92 Å². The van der Waals surface area contributed by atoms with Crippen LogP contribution in [0.15, 0.2) is 77.7 Å². The van der Waals surface area contributed by atoms with Crippen LogP contribution >= 0.6 is 0 Å². The number of hydrogen-bond acceptors (Lipinski definition) is 4. The molecule has 0 aliphatic heterocycles. The number of rotatable bonds is 9. The Labute approximate surface area is 192 Å². The molecule has 0 heterocycles. The maximum absolute atomic E-state index is 13.1. The second kappa shape index (κ2) is 10.7. The van der Waals surface area contributed by atoms with Crippen LogP contribution < -0.4 is 15.4 Å². The van der Waals surface area contributed by atoms with E-state index < -0.39 is 21.7 Å². The summed E-state index contributed by atoms with van der Waals surface area (Å²) in [6.07, 6.45) is 0.0851. The average molecular weight is 470 g/mol. The number of carbonyl (C=O) groups is 2. The highest BCUT2D eigenvalue weighted by atomic mass is 32.2. The van der Waals surface area contributed by atoms with Gasteiger partial charge in [-0.3, -0.25) is 14.3 Å². The van der Waals surface area contributed by atoms with Crippen molar-refractivity contribution in [3.05, 3.63) is 95.3 Å². The third kappa shape index (κ3) is 6.88. The Morgan fingerprint density at radius 1 is 0.909 bits per heavy atom. The van der Waals surface area contributed by atoms with Gasteiger partial charge in [-0.1, -0.05) is 36.4 Å². The molecule has 33 heavy (non-hydrogen) atoms. The largest absolute Gasteiger partial charge is 0.352 e. The molecule has 172 valence electrons. The van der Waals surface area contributed by atoms with Crippen LogP contribution in [0.5, 0.6) is 0 Å². The molecule has 3 aromatic rings. The minimum absolute atomic E-state index is 0.0851. The number of sulfonamides is 1. The molecule has 9 heteroatoms. The van der Waals surface area contributed by atoms with E-state index >= 15 is 0 Å². The Bertz CT molecular complexity index is 1230. The van der Waals surface area contributed by atoms with Gasteiger partial charge in [0.15, 0.2) is 0 Å². The first kappa shape index (κ1) is 23.9. The number of aryl methyl sites for hydroxylation is 1. The lowest BCUT2D eigenvalue weighted by atomic mass is 10.1. The van der Waals surface area contributed by atoms with Gasteiger partial charge in [0, 0.05) is 30.8 Å². The number of hydrogen-bond donors (Lipinski definition) is 3. The first-order valence-electron chi connectivity index (χ1n) is 10.2. The molecule has 0 unspecified atom stereocenters. The lowest BCUT2D eigenvalue weighted by molar-refractivity contribution is -0.121. The highest BCUT2D eigenvalue weighted by molar-refractivity contribution is 7.92. The highest BCUT2D eigenvalue weighted by Gasteiger charge is 2.18. The topological polar surface area (TPSA) is 104 Å². The number of nitrogens with one attached hydrogen (secondary N) is 3. The lowest BCUT2D eigenvalue weighted by Gasteiger charge is -2.12. The Kier molecular flexibility index (Phi) is 7.78. The van der Waals surface area contributed by atoms with Gasteiger partial charge < -0.3 is 10.6 Å². The van der Waals surface area contributed by atoms with Crippen LogP contribution in [0.4, 0.5) is 10.1 Å². The number of amides is 2. The SMILES string of the molecule is Cc1ccc(S(=O)(=O)Nc2ccc(F)cc2)cc1C(=O)NCCC(=O)NCc1ccccc1. The second-order valence-electron chi connectivity index (χ2n) is 7.36. The smallest absolute Gasteiger partial charge is 0.261 e. The van der Waals surface area contributed by atoms with E-state index in [9.17, 15) is 22.4 Å². The van der Waals surface area contributed by atoms with E-state index in [0.717, 1.165) is 17.7 Å². The summed E-state index contributed by atoms with van der Waals surface area (Å²) in [5.41, 5.74) is 1.94. The number of halogens is 1. The van der Waals surface area contributed by atoms with Gasteiger partial charge >= 0.3 is 0 Å². The number of anilines is 1. The molecule has 3 rings (SSSR count). The van der Waals surface area contributed by atoms with Gasteiger partial charge in [0.05, 0.1) is 4.90 Å². The monoisotopic (exact) mass is 469 g/mol. The first-order chi connectivity index (χ1) is 15.7. The maximum Gasteiger partial charge on any atom is 0.261 e. The molecule has 0 aliphatic rings. The summed E-state index contributed by atoms with van der Waals surface area (Å²) in [4.78, 5) is 24.5. The quantitative estimate of drug-likeness (QED) is 0.447. The van der Waals surface area contributed by atoms with Gasteiger partial charge in [0.1, 0.15) is 5.82 Å². The molecule has 0 saturated carbocycles. The van der Waals surface area contributed by atoms with Crippen LogP contribution in [-0.2, 0) is 21.4 Å². The van der Waals surface area contributed by atoms with Crippen LogP contribution in [0.25, 0.3) is 0 Å². The summed E-state index contributed by atoms with van der Waals surface area (Å²) in [5.74, 6) is -1.18. The fraction of sp³-hybridized carbons (Fsp3) is 0.167. The van der Waals surface area contributed by atoms with Crippen LogP contribution in [0.2, 0.25) is 0 Å². The molecule has 0 aromatic heterocycles. The minimum atomic E-state index is -3.98. The van der Waals surface area contributed by atoms with Crippen molar-refractivity contribution in [2.24, 2.45) is 0 Å². The molecule has 0 fully saturated rings. The molecule has 0 bridgehead atoms. The third-order valence-corrected chi connectivity index (χ3v) is 6.21. The third-order valence-electron chi connectivity index (χ3n) is 4.83. The number of benzene rings is 3. The minimum Gasteiger partial charge on any atom is -0.352 e. The Morgan fingerprint density at radius 3 is 2.30 bits per heavy atom. The fourth-order valence-electron chi connectivity index (χ4n) is 3.01. The van der Waals surface area contributed by atoms with Crippen molar-refractivity contribution in [2.75, 3.05) is 11.3 Å². The fourth-order valence-corrected chi connectivity index (χ4v) is 4.10. The molecule has 0 atom stereocenters. The molecule has 0 saturated heterocycles. The summed E-state index contributed by atoms with van der Waals surface area (Å²) in [6, 6.07) is 18.5. The summed E-state index contributed by atoms with van der Waals surface area (Å²) in [7, 11) is -3.98. The maximum atomic E-state index is 13.1.